The molecule has 2 aromatic carbocycles. The first-order valence-corrected chi connectivity index (χ1v) is 7.93. The van der Waals surface area contributed by atoms with Gasteiger partial charge in [0.15, 0.2) is 0 Å². The van der Waals surface area contributed by atoms with Crippen LogP contribution in [-0.2, 0) is 6.42 Å². The van der Waals surface area contributed by atoms with Gasteiger partial charge >= 0.3 is 0 Å². The molecule has 0 spiro atoms. The number of imidazole rings is 1. The van der Waals surface area contributed by atoms with Crippen molar-refractivity contribution in [2.75, 3.05) is 0 Å². The highest BCUT2D eigenvalue weighted by Gasteiger charge is 2.14. The van der Waals surface area contributed by atoms with Gasteiger partial charge in [-0.3, -0.25) is 4.40 Å². The van der Waals surface area contributed by atoms with E-state index in [1.165, 1.54) is 32.9 Å². The summed E-state index contributed by atoms with van der Waals surface area (Å²) in [6.07, 6.45) is 3.09. The monoisotopic (exact) mass is 288 g/mol. The predicted molar refractivity (Wildman–Crippen MR) is 93.5 cm³/mol. The molecule has 0 saturated heterocycles. The molecule has 0 unspecified atom stereocenters. The summed E-state index contributed by atoms with van der Waals surface area (Å²) < 4.78 is 2.35. The third kappa shape index (κ3) is 1.83. The molecule has 0 radical (unpaired) electrons. The van der Waals surface area contributed by atoms with Crippen molar-refractivity contribution in [3.63, 3.8) is 0 Å². The Morgan fingerprint density at radius 2 is 1.77 bits per heavy atom. The van der Waals surface area contributed by atoms with Gasteiger partial charge in [-0.2, -0.15) is 0 Å². The van der Waals surface area contributed by atoms with Gasteiger partial charge in [0.1, 0.15) is 5.65 Å². The highest BCUT2D eigenvalue weighted by Crippen LogP contribution is 2.32. The number of hydrogen-bond donors (Lipinski definition) is 0. The van der Waals surface area contributed by atoms with Crippen LogP contribution in [0.3, 0.4) is 0 Å². The molecule has 0 N–H and O–H groups in total. The maximum atomic E-state index is 4.74. The van der Waals surface area contributed by atoms with Crippen molar-refractivity contribution < 1.29 is 0 Å². The van der Waals surface area contributed by atoms with Crippen LogP contribution in [0.2, 0.25) is 0 Å². The van der Waals surface area contributed by atoms with Gasteiger partial charge in [-0.25, -0.2) is 4.98 Å². The van der Waals surface area contributed by atoms with E-state index in [2.05, 4.69) is 67.6 Å². The van der Waals surface area contributed by atoms with Gasteiger partial charge in [-0.1, -0.05) is 50.2 Å². The second-order valence-corrected chi connectivity index (χ2v) is 6.52. The van der Waals surface area contributed by atoms with Gasteiger partial charge in [0.2, 0.25) is 0 Å². The standard InChI is InChI=1S/C20H20N2/c1-13(2)11-15-12-21-20-17-9-5-4-8-16(17)19-14(3)7-6-10-18(19)22(15)20/h4-10,12-13H,11H2,1-3H3. The minimum absolute atomic E-state index is 0.617. The zero-order chi connectivity index (χ0) is 15.3. The van der Waals surface area contributed by atoms with Crippen LogP contribution in [0.25, 0.3) is 27.3 Å². The molecule has 0 saturated carbocycles. The van der Waals surface area contributed by atoms with Crippen molar-refractivity contribution in [3.05, 3.63) is 59.9 Å². The van der Waals surface area contributed by atoms with E-state index in [1.54, 1.807) is 0 Å². The summed E-state index contributed by atoms with van der Waals surface area (Å²) in [7, 11) is 0. The third-order valence-electron chi connectivity index (χ3n) is 4.38. The van der Waals surface area contributed by atoms with Gasteiger partial charge in [0.25, 0.3) is 0 Å². The summed E-state index contributed by atoms with van der Waals surface area (Å²) in [5.41, 5.74) is 4.96. The van der Waals surface area contributed by atoms with Crippen LogP contribution in [0.15, 0.2) is 48.7 Å². The smallest absolute Gasteiger partial charge is 0.145 e. The lowest BCUT2D eigenvalue weighted by molar-refractivity contribution is 0.634. The van der Waals surface area contributed by atoms with E-state index in [0.717, 1.165) is 12.1 Å². The molecule has 0 aliphatic rings. The third-order valence-corrected chi connectivity index (χ3v) is 4.38. The Morgan fingerprint density at radius 1 is 1.00 bits per heavy atom. The van der Waals surface area contributed by atoms with Crippen LogP contribution < -0.4 is 0 Å². The van der Waals surface area contributed by atoms with Gasteiger partial charge < -0.3 is 0 Å². The molecule has 0 aliphatic carbocycles. The van der Waals surface area contributed by atoms with E-state index >= 15 is 0 Å². The van der Waals surface area contributed by atoms with E-state index in [9.17, 15) is 0 Å². The fraction of sp³-hybridized carbons (Fsp3) is 0.250. The molecule has 22 heavy (non-hydrogen) atoms. The van der Waals surface area contributed by atoms with Crippen LogP contribution in [-0.4, -0.2) is 9.38 Å². The second kappa shape index (κ2) is 4.84. The lowest BCUT2D eigenvalue weighted by Crippen LogP contribution is -2.01. The molecule has 0 bridgehead atoms. The van der Waals surface area contributed by atoms with Crippen LogP contribution in [0, 0.1) is 12.8 Å². The highest BCUT2D eigenvalue weighted by molar-refractivity contribution is 6.12. The Morgan fingerprint density at radius 3 is 2.55 bits per heavy atom. The highest BCUT2D eigenvalue weighted by atomic mass is 15.0. The number of aromatic nitrogens is 2. The molecule has 0 amide bonds. The van der Waals surface area contributed by atoms with Crippen molar-refractivity contribution >= 4 is 27.3 Å². The number of pyridine rings is 1. The Bertz CT molecular complexity index is 993. The fourth-order valence-electron chi connectivity index (χ4n) is 3.49. The summed E-state index contributed by atoms with van der Waals surface area (Å²) in [4.78, 5) is 4.74. The van der Waals surface area contributed by atoms with Crippen LogP contribution >= 0.6 is 0 Å². The first-order valence-electron chi connectivity index (χ1n) is 7.93. The normalized spacial score (nSPS) is 12.0. The molecule has 110 valence electrons. The number of benzene rings is 2. The average Bonchev–Trinajstić information content (AvgIpc) is 2.91. The molecular formula is C20H20N2. The van der Waals surface area contributed by atoms with E-state index in [1.807, 2.05) is 6.20 Å². The average molecular weight is 288 g/mol. The fourth-order valence-corrected chi connectivity index (χ4v) is 3.49. The second-order valence-electron chi connectivity index (χ2n) is 6.52. The Labute approximate surface area is 130 Å². The minimum atomic E-state index is 0.617. The molecular weight excluding hydrogens is 268 g/mol. The molecule has 2 heterocycles. The minimum Gasteiger partial charge on any atom is -0.296 e. The number of fused-ring (bicyclic) bond motifs is 6. The molecule has 2 aromatic heterocycles. The largest absolute Gasteiger partial charge is 0.296 e. The zero-order valence-corrected chi connectivity index (χ0v) is 13.3. The number of hydrogen-bond acceptors (Lipinski definition) is 1. The lowest BCUT2D eigenvalue weighted by Gasteiger charge is -2.13. The molecule has 2 nitrogen and oxygen atoms in total. The van der Waals surface area contributed by atoms with E-state index < -0.39 is 0 Å². The summed E-state index contributed by atoms with van der Waals surface area (Å²) in [5.74, 6) is 0.617. The van der Waals surface area contributed by atoms with Crippen molar-refractivity contribution in [2.24, 2.45) is 5.92 Å². The molecule has 0 atom stereocenters. The van der Waals surface area contributed by atoms with Crippen molar-refractivity contribution in [1.29, 1.82) is 0 Å². The van der Waals surface area contributed by atoms with Crippen molar-refractivity contribution in [3.8, 4) is 0 Å². The van der Waals surface area contributed by atoms with E-state index in [0.29, 0.717) is 5.92 Å². The molecule has 2 heteroatoms. The van der Waals surface area contributed by atoms with Gasteiger partial charge in [0, 0.05) is 22.7 Å². The number of nitrogens with zero attached hydrogens (tertiary/aromatic N) is 2. The Balaban J connectivity index is 2.27. The van der Waals surface area contributed by atoms with Crippen LogP contribution in [0.1, 0.15) is 25.1 Å². The maximum Gasteiger partial charge on any atom is 0.145 e. The number of rotatable bonds is 2. The SMILES string of the molecule is Cc1cccc2c1c1ccccc1c1ncc(CC(C)C)n21. The van der Waals surface area contributed by atoms with Gasteiger partial charge in [-0.15, -0.1) is 0 Å². The predicted octanol–water partition coefficient (Wildman–Crippen LogP) is 5.15. The summed E-state index contributed by atoms with van der Waals surface area (Å²) in [6, 6.07) is 15.2. The van der Waals surface area contributed by atoms with Crippen molar-refractivity contribution in [1.82, 2.24) is 9.38 Å². The zero-order valence-electron chi connectivity index (χ0n) is 13.3. The topological polar surface area (TPSA) is 17.3 Å². The first kappa shape index (κ1) is 13.3. The molecule has 0 fully saturated rings. The Hall–Kier alpha value is -2.35. The summed E-state index contributed by atoms with van der Waals surface area (Å²) in [5, 5.41) is 3.87. The molecule has 0 aliphatic heterocycles. The van der Waals surface area contributed by atoms with Crippen LogP contribution in [0.5, 0.6) is 0 Å². The van der Waals surface area contributed by atoms with E-state index in [-0.39, 0.29) is 0 Å². The number of aryl methyl sites for hydroxylation is 1. The quantitative estimate of drug-likeness (QED) is 0.466. The van der Waals surface area contributed by atoms with Gasteiger partial charge in [-0.05, 0) is 36.3 Å². The van der Waals surface area contributed by atoms with Crippen LogP contribution in [0.4, 0.5) is 0 Å². The van der Waals surface area contributed by atoms with Gasteiger partial charge in [0.05, 0.1) is 5.52 Å². The maximum absolute atomic E-state index is 4.74. The van der Waals surface area contributed by atoms with Crippen molar-refractivity contribution in [2.45, 2.75) is 27.2 Å². The summed E-state index contributed by atoms with van der Waals surface area (Å²) >= 11 is 0. The first-order chi connectivity index (χ1) is 10.7. The Kier molecular flexibility index (Phi) is 2.93. The van der Waals surface area contributed by atoms with E-state index in [4.69, 9.17) is 4.98 Å². The lowest BCUT2D eigenvalue weighted by atomic mass is 10.0. The summed E-state index contributed by atoms with van der Waals surface area (Å²) in [6.45, 7) is 6.71. The molecule has 4 aromatic rings. The molecule has 4 rings (SSSR count).